The molecule has 1 N–H and O–H groups in total. The van der Waals surface area contributed by atoms with E-state index in [-0.39, 0.29) is 6.61 Å². The monoisotopic (exact) mass is 342 g/mol. The van der Waals surface area contributed by atoms with Crippen molar-refractivity contribution in [2.24, 2.45) is 0 Å². The minimum Gasteiger partial charge on any atom is -0.396 e. The molecule has 0 amide bonds. The van der Waals surface area contributed by atoms with Crippen LogP contribution in [0.2, 0.25) is 0 Å². The molecule has 2 rings (SSSR count). The summed E-state index contributed by atoms with van der Waals surface area (Å²) in [7, 11) is -0.492. The Morgan fingerprint density at radius 3 is 1.75 bits per heavy atom. The summed E-state index contributed by atoms with van der Waals surface area (Å²) in [6, 6.07) is 21.5. The molecular weight excluding hydrogens is 311 g/mol. The van der Waals surface area contributed by atoms with Crippen LogP contribution in [0.4, 0.5) is 0 Å². The predicted molar refractivity (Wildman–Crippen MR) is 108 cm³/mol. The summed E-state index contributed by atoms with van der Waals surface area (Å²) in [5.41, 5.74) is 0.357. The maximum atomic E-state index is 10.1. The first kappa shape index (κ1) is 19.2. The molecule has 0 radical (unpaired) electrons. The van der Waals surface area contributed by atoms with Crippen molar-refractivity contribution in [2.45, 2.75) is 57.5 Å². The molecule has 2 heteroatoms. The van der Waals surface area contributed by atoms with Gasteiger partial charge < -0.3 is 5.11 Å². The Kier molecular flexibility index (Phi) is 9.10. The molecule has 0 aromatic heterocycles. The first-order chi connectivity index (χ1) is 11.9. The van der Waals surface area contributed by atoms with Crippen LogP contribution in [0.15, 0.2) is 60.7 Å². The van der Waals surface area contributed by atoms with Crippen LogP contribution in [0, 0.1) is 0 Å². The van der Waals surface area contributed by atoms with Gasteiger partial charge in [0.05, 0.1) is 6.61 Å². The summed E-state index contributed by atoms with van der Waals surface area (Å²) in [6.07, 6.45) is 8.98. The fourth-order valence-corrected chi connectivity index (χ4v) is 5.94. The van der Waals surface area contributed by atoms with E-state index >= 15 is 0 Å². The molecule has 0 fully saturated rings. The van der Waals surface area contributed by atoms with E-state index in [1.807, 2.05) is 0 Å². The highest BCUT2D eigenvalue weighted by atomic mass is 31.1. The zero-order chi connectivity index (χ0) is 17.0. The van der Waals surface area contributed by atoms with E-state index in [0.29, 0.717) is 5.66 Å². The molecule has 0 spiro atoms. The highest BCUT2D eigenvalue weighted by molar-refractivity contribution is 7.73. The van der Waals surface area contributed by atoms with Crippen LogP contribution in [-0.2, 0) is 0 Å². The van der Waals surface area contributed by atoms with E-state index in [1.54, 1.807) is 0 Å². The maximum Gasteiger partial charge on any atom is 0.0504 e. The number of aliphatic hydroxyl groups excluding tert-OH is 1. The van der Waals surface area contributed by atoms with E-state index in [1.165, 1.54) is 49.1 Å². The minimum absolute atomic E-state index is 0.282. The number of hydrogen-bond donors (Lipinski definition) is 1. The van der Waals surface area contributed by atoms with Gasteiger partial charge in [-0.15, -0.1) is 0 Å². The van der Waals surface area contributed by atoms with Crippen molar-refractivity contribution in [1.82, 2.24) is 0 Å². The van der Waals surface area contributed by atoms with Crippen molar-refractivity contribution in [2.75, 3.05) is 6.61 Å². The van der Waals surface area contributed by atoms with Crippen molar-refractivity contribution in [3.05, 3.63) is 60.7 Å². The standard InChI is InChI=1S/C22H31OP/c1-2-3-4-5-6-9-18-22(19-23)24(20-14-10-7-11-15-20)21-16-12-8-13-17-21/h7-8,10-17,22-23H,2-6,9,18-19H2,1H3. The molecule has 2 aromatic carbocycles. The minimum atomic E-state index is -0.492. The number of hydrogen-bond acceptors (Lipinski definition) is 1. The summed E-state index contributed by atoms with van der Waals surface area (Å²) < 4.78 is 0. The molecule has 0 heterocycles. The summed E-state index contributed by atoms with van der Waals surface area (Å²) in [6.45, 7) is 2.54. The Morgan fingerprint density at radius 1 is 0.750 bits per heavy atom. The molecule has 0 aliphatic heterocycles. The second-order valence-corrected chi connectivity index (χ2v) is 8.94. The fourth-order valence-electron chi connectivity index (χ4n) is 3.21. The molecule has 0 aliphatic carbocycles. The summed E-state index contributed by atoms with van der Waals surface area (Å²) in [5.74, 6) is 0. The Balaban J connectivity index is 2.04. The third-order valence-electron chi connectivity index (χ3n) is 4.54. The van der Waals surface area contributed by atoms with E-state index in [0.717, 1.165) is 6.42 Å². The molecule has 2 aromatic rings. The van der Waals surface area contributed by atoms with Gasteiger partial charge in [0.15, 0.2) is 0 Å². The van der Waals surface area contributed by atoms with Crippen LogP contribution in [0.1, 0.15) is 51.9 Å². The zero-order valence-corrected chi connectivity index (χ0v) is 15.8. The van der Waals surface area contributed by atoms with Crippen molar-refractivity contribution in [3.63, 3.8) is 0 Å². The Labute approximate surface area is 148 Å². The van der Waals surface area contributed by atoms with Gasteiger partial charge in [-0.05, 0) is 25.0 Å². The normalized spacial score (nSPS) is 12.5. The van der Waals surface area contributed by atoms with Gasteiger partial charge in [-0.25, -0.2) is 0 Å². The van der Waals surface area contributed by atoms with Crippen LogP contribution in [0.25, 0.3) is 0 Å². The van der Waals surface area contributed by atoms with Crippen molar-refractivity contribution in [1.29, 1.82) is 0 Å². The Hall–Kier alpha value is -1.17. The van der Waals surface area contributed by atoms with E-state index in [9.17, 15) is 5.11 Å². The largest absolute Gasteiger partial charge is 0.396 e. The molecule has 1 atom stereocenters. The number of benzene rings is 2. The lowest BCUT2D eigenvalue weighted by Gasteiger charge is -2.27. The molecule has 0 bridgehead atoms. The number of rotatable bonds is 11. The van der Waals surface area contributed by atoms with Crippen molar-refractivity contribution >= 4 is 18.5 Å². The topological polar surface area (TPSA) is 20.2 Å². The van der Waals surface area contributed by atoms with Gasteiger partial charge >= 0.3 is 0 Å². The average Bonchev–Trinajstić information content (AvgIpc) is 2.65. The van der Waals surface area contributed by atoms with Crippen LogP contribution < -0.4 is 10.6 Å². The smallest absolute Gasteiger partial charge is 0.0504 e. The second kappa shape index (κ2) is 11.4. The van der Waals surface area contributed by atoms with Gasteiger partial charge in [-0.3, -0.25) is 0 Å². The molecule has 130 valence electrons. The fraction of sp³-hybridized carbons (Fsp3) is 0.455. The molecule has 1 unspecified atom stereocenters. The van der Waals surface area contributed by atoms with Crippen molar-refractivity contribution in [3.8, 4) is 0 Å². The van der Waals surface area contributed by atoms with E-state index in [4.69, 9.17) is 0 Å². The molecule has 0 aliphatic rings. The summed E-state index contributed by atoms with van der Waals surface area (Å²) in [4.78, 5) is 0. The van der Waals surface area contributed by atoms with Crippen LogP contribution in [0.3, 0.4) is 0 Å². The highest BCUT2D eigenvalue weighted by Gasteiger charge is 2.23. The molecule has 0 saturated carbocycles. The van der Waals surface area contributed by atoms with Crippen LogP contribution in [-0.4, -0.2) is 17.4 Å². The third kappa shape index (κ3) is 6.04. The molecular formula is C22H31OP. The average molecular weight is 342 g/mol. The number of aliphatic hydroxyl groups is 1. The van der Waals surface area contributed by atoms with Gasteiger partial charge in [-0.2, -0.15) is 0 Å². The molecule has 24 heavy (non-hydrogen) atoms. The third-order valence-corrected chi connectivity index (χ3v) is 7.40. The van der Waals surface area contributed by atoms with E-state index < -0.39 is 7.92 Å². The first-order valence-corrected chi connectivity index (χ1v) is 10.8. The molecule has 0 saturated heterocycles. The van der Waals surface area contributed by atoms with Gasteiger partial charge in [0.2, 0.25) is 0 Å². The van der Waals surface area contributed by atoms with Crippen molar-refractivity contribution < 1.29 is 5.11 Å². The lowest BCUT2D eigenvalue weighted by Crippen LogP contribution is -2.24. The summed E-state index contributed by atoms with van der Waals surface area (Å²) >= 11 is 0. The Morgan fingerprint density at radius 2 is 1.25 bits per heavy atom. The van der Waals surface area contributed by atoms with Gasteiger partial charge in [-0.1, -0.05) is 106 Å². The predicted octanol–water partition coefficient (Wildman–Crippen LogP) is 5.23. The number of unbranched alkanes of at least 4 members (excludes halogenated alkanes) is 5. The highest BCUT2D eigenvalue weighted by Crippen LogP contribution is 2.41. The van der Waals surface area contributed by atoms with Gasteiger partial charge in [0.25, 0.3) is 0 Å². The maximum absolute atomic E-state index is 10.1. The lowest BCUT2D eigenvalue weighted by molar-refractivity contribution is 0.287. The second-order valence-electron chi connectivity index (χ2n) is 6.43. The van der Waals surface area contributed by atoms with Crippen LogP contribution >= 0.6 is 7.92 Å². The Bertz CT molecular complexity index is 501. The zero-order valence-electron chi connectivity index (χ0n) is 14.9. The van der Waals surface area contributed by atoms with Gasteiger partial charge in [0, 0.05) is 5.66 Å². The van der Waals surface area contributed by atoms with Crippen LogP contribution in [0.5, 0.6) is 0 Å². The quantitative estimate of drug-likeness (QED) is 0.438. The summed E-state index contributed by atoms with van der Waals surface area (Å²) in [5, 5.41) is 12.8. The molecule has 1 nitrogen and oxygen atoms in total. The lowest BCUT2D eigenvalue weighted by atomic mass is 10.1. The SMILES string of the molecule is CCCCCCCCC(CO)P(c1ccccc1)c1ccccc1. The van der Waals surface area contributed by atoms with E-state index in [2.05, 4.69) is 67.6 Å². The van der Waals surface area contributed by atoms with Gasteiger partial charge in [0.1, 0.15) is 0 Å². The first-order valence-electron chi connectivity index (χ1n) is 9.37.